The summed E-state index contributed by atoms with van der Waals surface area (Å²) in [6, 6.07) is 7.52. The smallest absolute Gasteiger partial charge is 0.307 e. The van der Waals surface area contributed by atoms with Crippen LogP contribution in [0.15, 0.2) is 28.7 Å². The number of ether oxygens (including phenoxy) is 2. The summed E-state index contributed by atoms with van der Waals surface area (Å²) in [6.45, 7) is 0.783. The third-order valence-electron chi connectivity index (χ3n) is 2.51. The molecule has 0 aliphatic heterocycles. The van der Waals surface area contributed by atoms with E-state index in [1.165, 1.54) is 7.11 Å². The molecule has 5 nitrogen and oxygen atoms in total. The van der Waals surface area contributed by atoms with Gasteiger partial charge in [0.25, 0.3) is 0 Å². The maximum Gasteiger partial charge on any atom is 0.307 e. The first-order valence-corrected chi connectivity index (χ1v) is 7.13. The van der Waals surface area contributed by atoms with Gasteiger partial charge in [-0.15, -0.1) is 0 Å². The SMILES string of the molecule is COC(=O)CCNC(=O)CCCOc1ccc(Br)cc1. The first kappa shape index (κ1) is 16.5. The molecule has 0 fully saturated rings. The van der Waals surface area contributed by atoms with Crippen LogP contribution in [0.25, 0.3) is 0 Å². The average molecular weight is 344 g/mol. The molecule has 0 heterocycles. The van der Waals surface area contributed by atoms with Crippen LogP contribution >= 0.6 is 15.9 Å². The molecule has 0 radical (unpaired) electrons. The fourth-order valence-electron chi connectivity index (χ4n) is 1.45. The lowest BCUT2D eigenvalue weighted by atomic mass is 10.3. The summed E-state index contributed by atoms with van der Waals surface area (Å²) >= 11 is 3.34. The molecule has 1 N–H and O–H groups in total. The zero-order chi connectivity index (χ0) is 14.8. The summed E-state index contributed by atoms with van der Waals surface area (Å²) < 4.78 is 11.0. The van der Waals surface area contributed by atoms with Gasteiger partial charge in [-0.1, -0.05) is 15.9 Å². The molecule has 0 aromatic heterocycles. The maximum atomic E-state index is 11.4. The van der Waals surface area contributed by atoms with Gasteiger partial charge in [0.05, 0.1) is 20.1 Å². The summed E-state index contributed by atoms with van der Waals surface area (Å²) in [6.07, 6.45) is 1.19. The van der Waals surface area contributed by atoms with Crippen LogP contribution in [0.4, 0.5) is 0 Å². The Labute approximate surface area is 126 Å². The van der Waals surface area contributed by atoms with Gasteiger partial charge in [0.15, 0.2) is 0 Å². The number of carbonyl (C=O) groups is 2. The van der Waals surface area contributed by atoms with E-state index in [4.69, 9.17) is 4.74 Å². The molecule has 0 aliphatic carbocycles. The normalized spacial score (nSPS) is 9.90. The van der Waals surface area contributed by atoms with E-state index < -0.39 is 0 Å². The molecule has 6 heteroatoms. The zero-order valence-corrected chi connectivity index (χ0v) is 12.9. The highest BCUT2D eigenvalue weighted by molar-refractivity contribution is 9.10. The Balaban J connectivity index is 2.07. The monoisotopic (exact) mass is 343 g/mol. The zero-order valence-electron chi connectivity index (χ0n) is 11.4. The Morgan fingerprint density at radius 3 is 2.55 bits per heavy atom. The fraction of sp³-hybridized carbons (Fsp3) is 0.429. The Morgan fingerprint density at radius 1 is 1.20 bits per heavy atom. The molecule has 1 aromatic rings. The van der Waals surface area contributed by atoms with Gasteiger partial charge in [-0.2, -0.15) is 0 Å². The molecule has 0 saturated carbocycles. The molecular weight excluding hydrogens is 326 g/mol. The van der Waals surface area contributed by atoms with E-state index in [1.807, 2.05) is 24.3 Å². The highest BCUT2D eigenvalue weighted by Crippen LogP contribution is 2.16. The lowest BCUT2D eigenvalue weighted by molar-refractivity contribution is -0.140. The van der Waals surface area contributed by atoms with Crippen LogP contribution in [0, 0.1) is 0 Å². The topological polar surface area (TPSA) is 64.6 Å². The number of nitrogens with one attached hydrogen (secondary N) is 1. The van der Waals surface area contributed by atoms with E-state index in [0.29, 0.717) is 26.0 Å². The number of carbonyl (C=O) groups excluding carboxylic acids is 2. The first-order valence-electron chi connectivity index (χ1n) is 6.33. The van der Waals surface area contributed by atoms with E-state index in [1.54, 1.807) is 0 Å². The van der Waals surface area contributed by atoms with Crippen molar-refractivity contribution >= 4 is 27.8 Å². The van der Waals surface area contributed by atoms with Crippen LogP contribution in [0.2, 0.25) is 0 Å². The second kappa shape index (κ2) is 9.36. The molecule has 1 rings (SSSR count). The Hall–Kier alpha value is -1.56. The second-order valence-corrected chi connectivity index (χ2v) is 5.00. The number of esters is 1. The maximum absolute atomic E-state index is 11.4. The van der Waals surface area contributed by atoms with Crippen LogP contribution in [0.1, 0.15) is 19.3 Å². The van der Waals surface area contributed by atoms with Crippen molar-refractivity contribution in [2.45, 2.75) is 19.3 Å². The van der Waals surface area contributed by atoms with Gasteiger partial charge in [-0.05, 0) is 30.7 Å². The van der Waals surface area contributed by atoms with Crippen molar-refractivity contribution in [3.05, 3.63) is 28.7 Å². The van der Waals surface area contributed by atoms with E-state index >= 15 is 0 Å². The van der Waals surface area contributed by atoms with E-state index in [0.717, 1.165) is 10.2 Å². The standard InChI is InChI=1S/C14H18BrNO4/c1-19-14(18)8-9-16-13(17)3-2-10-20-12-6-4-11(15)5-7-12/h4-7H,2-3,8-10H2,1H3,(H,16,17). The van der Waals surface area contributed by atoms with Crippen molar-refractivity contribution in [2.24, 2.45) is 0 Å². The summed E-state index contributed by atoms with van der Waals surface area (Å²) in [5, 5.41) is 2.65. The molecular formula is C14H18BrNO4. The molecule has 20 heavy (non-hydrogen) atoms. The van der Waals surface area contributed by atoms with Gasteiger partial charge < -0.3 is 14.8 Å². The van der Waals surface area contributed by atoms with Gasteiger partial charge in [0.1, 0.15) is 5.75 Å². The largest absolute Gasteiger partial charge is 0.494 e. The Morgan fingerprint density at radius 2 is 1.90 bits per heavy atom. The number of amides is 1. The van der Waals surface area contributed by atoms with Crippen LogP contribution in [-0.4, -0.2) is 32.1 Å². The summed E-state index contributed by atoms with van der Waals surface area (Å²) in [5.74, 6) is 0.358. The van der Waals surface area contributed by atoms with Crippen molar-refractivity contribution < 1.29 is 19.1 Å². The van der Waals surface area contributed by atoms with Crippen LogP contribution < -0.4 is 10.1 Å². The summed E-state index contributed by atoms with van der Waals surface area (Å²) in [7, 11) is 1.32. The van der Waals surface area contributed by atoms with Gasteiger partial charge in [-0.25, -0.2) is 0 Å². The molecule has 1 amide bonds. The van der Waals surface area contributed by atoms with Crippen molar-refractivity contribution in [1.82, 2.24) is 5.32 Å². The molecule has 0 saturated heterocycles. The van der Waals surface area contributed by atoms with Gasteiger partial charge in [0, 0.05) is 17.4 Å². The van der Waals surface area contributed by atoms with Gasteiger partial charge >= 0.3 is 5.97 Å². The molecule has 0 unspecified atom stereocenters. The molecule has 0 bridgehead atoms. The third-order valence-corrected chi connectivity index (χ3v) is 3.04. The number of methoxy groups -OCH3 is 1. The van der Waals surface area contributed by atoms with E-state index in [2.05, 4.69) is 26.0 Å². The molecule has 0 spiro atoms. The lowest BCUT2D eigenvalue weighted by Gasteiger charge is -2.07. The molecule has 0 aliphatic rings. The Bertz CT molecular complexity index is 433. The van der Waals surface area contributed by atoms with Crippen molar-refractivity contribution in [3.8, 4) is 5.75 Å². The van der Waals surface area contributed by atoms with Gasteiger partial charge in [-0.3, -0.25) is 9.59 Å². The van der Waals surface area contributed by atoms with E-state index in [9.17, 15) is 9.59 Å². The van der Waals surface area contributed by atoms with Crippen molar-refractivity contribution in [1.29, 1.82) is 0 Å². The summed E-state index contributed by atoms with van der Waals surface area (Å²) in [4.78, 5) is 22.3. The molecule has 1 aromatic carbocycles. The molecule has 110 valence electrons. The predicted octanol–water partition coefficient (Wildman–Crippen LogP) is 2.29. The summed E-state index contributed by atoms with van der Waals surface area (Å²) in [5.41, 5.74) is 0. The van der Waals surface area contributed by atoms with Crippen molar-refractivity contribution in [3.63, 3.8) is 0 Å². The first-order chi connectivity index (χ1) is 9.61. The highest BCUT2D eigenvalue weighted by atomic mass is 79.9. The van der Waals surface area contributed by atoms with Crippen molar-refractivity contribution in [2.75, 3.05) is 20.3 Å². The average Bonchev–Trinajstić information content (AvgIpc) is 2.45. The van der Waals surface area contributed by atoms with E-state index in [-0.39, 0.29) is 18.3 Å². The number of hydrogen-bond acceptors (Lipinski definition) is 4. The quantitative estimate of drug-likeness (QED) is 0.581. The Kier molecular flexibility index (Phi) is 7.72. The fourth-order valence-corrected chi connectivity index (χ4v) is 1.71. The highest BCUT2D eigenvalue weighted by Gasteiger charge is 2.04. The minimum absolute atomic E-state index is 0.0895. The second-order valence-electron chi connectivity index (χ2n) is 4.08. The molecule has 0 atom stereocenters. The minimum atomic E-state index is -0.330. The van der Waals surface area contributed by atoms with Crippen LogP contribution in [0.5, 0.6) is 5.75 Å². The lowest BCUT2D eigenvalue weighted by Crippen LogP contribution is -2.26. The minimum Gasteiger partial charge on any atom is -0.494 e. The predicted molar refractivity (Wildman–Crippen MR) is 78.5 cm³/mol. The van der Waals surface area contributed by atoms with Crippen LogP contribution in [0.3, 0.4) is 0 Å². The van der Waals surface area contributed by atoms with Crippen LogP contribution in [-0.2, 0) is 14.3 Å². The number of rotatable bonds is 8. The number of halogens is 1. The number of hydrogen-bond donors (Lipinski definition) is 1. The third kappa shape index (κ3) is 7.13. The number of benzene rings is 1. The van der Waals surface area contributed by atoms with Gasteiger partial charge in [0.2, 0.25) is 5.91 Å².